The summed E-state index contributed by atoms with van der Waals surface area (Å²) in [7, 11) is 2.73. The smallest absolute Gasteiger partial charge is 0.341 e. The summed E-state index contributed by atoms with van der Waals surface area (Å²) in [4.78, 5) is 37.5. The van der Waals surface area contributed by atoms with Crippen LogP contribution in [0.3, 0.4) is 0 Å². The Morgan fingerprint density at radius 3 is 2.31 bits per heavy atom. The number of ether oxygens (including phenoxy) is 2. The quantitative estimate of drug-likeness (QED) is 0.303. The second-order valence-corrected chi connectivity index (χ2v) is 8.42. The Kier molecular flexibility index (Phi) is 7.90. The monoisotopic (exact) mass is 491 g/mol. The van der Waals surface area contributed by atoms with E-state index in [1.165, 1.54) is 31.6 Å². The largest absolute Gasteiger partial charge is 0.496 e. The van der Waals surface area contributed by atoms with E-state index in [9.17, 15) is 14.4 Å². The van der Waals surface area contributed by atoms with Gasteiger partial charge >= 0.3 is 5.97 Å². The van der Waals surface area contributed by atoms with E-state index in [4.69, 9.17) is 32.7 Å². The highest BCUT2D eigenvalue weighted by atomic mass is 35.5. The van der Waals surface area contributed by atoms with Gasteiger partial charge in [0.05, 0.1) is 19.8 Å². The minimum Gasteiger partial charge on any atom is -0.496 e. The van der Waals surface area contributed by atoms with Gasteiger partial charge < -0.3 is 14.8 Å². The number of rotatable bonds is 8. The van der Waals surface area contributed by atoms with Crippen LogP contribution in [-0.4, -0.2) is 31.9 Å². The van der Waals surface area contributed by atoms with Crippen molar-refractivity contribution >= 4 is 57.2 Å². The first-order valence-electron chi connectivity index (χ1n) is 9.46. The van der Waals surface area contributed by atoms with Gasteiger partial charge in [-0.25, -0.2) is 4.79 Å². The second kappa shape index (κ2) is 10.6. The molecule has 1 aromatic heterocycles. The molecule has 0 aliphatic heterocycles. The summed E-state index contributed by atoms with van der Waals surface area (Å²) in [6.07, 6.45) is -0.130. The maximum atomic E-state index is 12.6. The van der Waals surface area contributed by atoms with Gasteiger partial charge in [0.2, 0.25) is 5.91 Å². The average molecular weight is 492 g/mol. The van der Waals surface area contributed by atoms with E-state index >= 15 is 0 Å². The molecule has 3 aromatic rings. The Labute approximate surface area is 199 Å². The molecule has 0 fully saturated rings. The Morgan fingerprint density at radius 2 is 1.66 bits per heavy atom. The first-order valence-corrected chi connectivity index (χ1v) is 11.1. The van der Waals surface area contributed by atoms with Gasteiger partial charge in [0, 0.05) is 33.8 Å². The molecule has 0 bridgehead atoms. The number of Topliss-reactive ketones (excluding diaryl/α,β-unsaturated/α-hetero) is 1. The van der Waals surface area contributed by atoms with E-state index in [1.54, 1.807) is 41.8 Å². The second-order valence-electron chi connectivity index (χ2n) is 6.67. The zero-order valence-electron chi connectivity index (χ0n) is 17.2. The van der Waals surface area contributed by atoms with Gasteiger partial charge in [-0.05, 0) is 35.9 Å². The molecule has 6 nitrogen and oxygen atoms in total. The third-order valence-electron chi connectivity index (χ3n) is 4.63. The van der Waals surface area contributed by atoms with Crippen LogP contribution in [0.5, 0.6) is 5.75 Å². The van der Waals surface area contributed by atoms with E-state index in [0.29, 0.717) is 31.9 Å². The lowest BCUT2D eigenvalue weighted by atomic mass is 10.0. The fraction of sp³-hybridized carbons (Fsp3) is 0.174. The summed E-state index contributed by atoms with van der Waals surface area (Å²) < 4.78 is 10.1. The highest BCUT2D eigenvalue weighted by Crippen LogP contribution is 2.36. The molecule has 0 atom stereocenters. The normalized spacial score (nSPS) is 10.5. The van der Waals surface area contributed by atoms with Crippen LogP contribution in [0, 0.1) is 0 Å². The van der Waals surface area contributed by atoms with Gasteiger partial charge in [-0.3, -0.25) is 9.59 Å². The summed E-state index contributed by atoms with van der Waals surface area (Å²) >= 11 is 13.1. The number of thiophene rings is 1. The maximum Gasteiger partial charge on any atom is 0.341 e. The molecule has 1 N–H and O–H groups in total. The van der Waals surface area contributed by atoms with Gasteiger partial charge in [-0.1, -0.05) is 35.3 Å². The number of esters is 1. The standard InChI is InChI=1S/C23H19Cl2NO5S/c1-30-19-9-7-15(25)11-16(19)18(27)8-10-20(28)26-22-21(23(29)31-2)17(12-32-22)13-3-5-14(24)6-4-13/h3-7,9,11-12H,8,10H2,1-2H3,(H,26,28). The van der Waals surface area contributed by atoms with Gasteiger partial charge in [-0.2, -0.15) is 0 Å². The van der Waals surface area contributed by atoms with Crippen LogP contribution >= 0.6 is 34.5 Å². The van der Waals surface area contributed by atoms with Crippen LogP contribution in [0.15, 0.2) is 47.8 Å². The molecule has 1 amide bonds. The molecule has 9 heteroatoms. The first kappa shape index (κ1) is 23.8. The van der Waals surface area contributed by atoms with Gasteiger partial charge in [0.25, 0.3) is 0 Å². The van der Waals surface area contributed by atoms with Crippen LogP contribution in [0.4, 0.5) is 5.00 Å². The maximum absolute atomic E-state index is 12.6. The minimum atomic E-state index is -0.578. The zero-order chi connectivity index (χ0) is 23.3. The number of anilines is 1. The fourth-order valence-corrected chi connectivity index (χ4v) is 4.32. The van der Waals surface area contributed by atoms with Crippen molar-refractivity contribution in [1.82, 2.24) is 0 Å². The van der Waals surface area contributed by atoms with Crippen molar-refractivity contribution in [2.24, 2.45) is 0 Å². The van der Waals surface area contributed by atoms with Crippen molar-refractivity contribution in [1.29, 1.82) is 0 Å². The summed E-state index contributed by atoms with van der Waals surface area (Å²) in [5, 5.41) is 5.79. The molecule has 32 heavy (non-hydrogen) atoms. The molecule has 2 aromatic carbocycles. The summed E-state index contributed by atoms with van der Waals surface area (Å²) in [5.74, 6) is -0.875. The molecule has 0 radical (unpaired) electrons. The van der Waals surface area contributed by atoms with Crippen LogP contribution < -0.4 is 10.1 Å². The molecular formula is C23H19Cl2NO5S. The highest BCUT2D eigenvalue weighted by Gasteiger charge is 2.23. The first-order chi connectivity index (χ1) is 15.3. The molecule has 3 rings (SSSR count). The zero-order valence-corrected chi connectivity index (χ0v) is 19.6. The molecule has 0 saturated heterocycles. The molecule has 0 saturated carbocycles. The number of benzene rings is 2. The summed E-state index contributed by atoms with van der Waals surface area (Å²) in [6, 6.07) is 11.7. The molecule has 0 aliphatic rings. The lowest BCUT2D eigenvalue weighted by Gasteiger charge is -2.09. The average Bonchev–Trinajstić information content (AvgIpc) is 3.20. The minimum absolute atomic E-state index is 0.0501. The van der Waals surface area contributed by atoms with Gasteiger partial charge in [-0.15, -0.1) is 11.3 Å². The SMILES string of the molecule is COC(=O)c1c(-c2ccc(Cl)cc2)csc1NC(=O)CCC(=O)c1cc(Cl)ccc1OC. The Balaban J connectivity index is 1.75. The third-order valence-corrected chi connectivity index (χ3v) is 6.01. The van der Waals surface area contributed by atoms with Gasteiger partial charge in [0.15, 0.2) is 5.78 Å². The van der Waals surface area contributed by atoms with Crippen molar-refractivity contribution in [2.75, 3.05) is 19.5 Å². The Hall–Kier alpha value is -2.87. The number of halogens is 2. The number of ketones is 1. The van der Waals surface area contributed by atoms with Crippen LogP contribution in [-0.2, 0) is 9.53 Å². The van der Waals surface area contributed by atoms with Crippen LogP contribution in [0.2, 0.25) is 10.0 Å². The van der Waals surface area contributed by atoms with Crippen LogP contribution in [0.25, 0.3) is 11.1 Å². The number of nitrogens with one attached hydrogen (secondary N) is 1. The number of carbonyl (C=O) groups is 3. The summed E-state index contributed by atoms with van der Waals surface area (Å²) in [5.41, 5.74) is 1.93. The lowest BCUT2D eigenvalue weighted by molar-refractivity contribution is -0.116. The molecule has 0 unspecified atom stereocenters. The number of methoxy groups -OCH3 is 2. The van der Waals surface area contributed by atoms with Crippen molar-refractivity contribution in [3.63, 3.8) is 0 Å². The van der Waals surface area contributed by atoms with E-state index < -0.39 is 11.9 Å². The van der Waals surface area contributed by atoms with Crippen LogP contribution in [0.1, 0.15) is 33.6 Å². The number of hydrogen-bond donors (Lipinski definition) is 1. The fourth-order valence-electron chi connectivity index (χ4n) is 3.05. The number of amides is 1. The van der Waals surface area contributed by atoms with Crippen molar-refractivity contribution in [2.45, 2.75) is 12.8 Å². The molecule has 0 spiro atoms. The molecule has 0 aliphatic carbocycles. The number of hydrogen-bond acceptors (Lipinski definition) is 6. The highest BCUT2D eigenvalue weighted by molar-refractivity contribution is 7.15. The Morgan fingerprint density at radius 1 is 0.969 bits per heavy atom. The summed E-state index contributed by atoms with van der Waals surface area (Å²) in [6.45, 7) is 0. The van der Waals surface area contributed by atoms with Crippen molar-refractivity contribution in [3.8, 4) is 16.9 Å². The lowest BCUT2D eigenvalue weighted by Crippen LogP contribution is -2.15. The molecular weight excluding hydrogens is 473 g/mol. The van der Waals surface area contributed by atoms with E-state index in [-0.39, 0.29) is 24.2 Å². The van der Waals surface area contributed by atoms with Gasteiger partial charge in [0.1, 0.15) is 16.3 Å². The van der Waals surface area contributed by atoms with E-state index in [1.807, 2.05) is 0 Å². The predicted octanol–water partition coefficient (Wildman–Crippen LogP) is 6.12. The van der Waals surface area contributed by atoms with Crippen molar-refractivity contribution < 1.29 is 23.9 Å². The Bertz CT molecular complexity index is 1160. The van der Waals surface area contributed by atoms with E-state index in [0.717, 1.165) is 5.56 Å². The third kappa shape index (κ3) is 5.48. The number of carbonyl (C=O) groups excluding carboxylic acids is 3. The molecule has 1 heterocycles. The van der Waals surface area contributed by atoms with Crippen molar-refractivity contribution in [3.05, 3.63) is 69.0 Å². The molecule has 166 valence electrons. The van der Waals surface area contributed by atoms with E-state index in [2.05, 4.69) is 5.32 Å². The topological polar surface area (TPSA) is 81.7 Å². The predicted molar refractivity (Wildman–Crippen MR) is 126 cm³/mol.